The molecule has 0 fully saturated rings. The smallest absolute Gasteiger partial charge is 0.341 e. The zero-order valence-corrected chi connectivity index (χ0v) is 21.0. The van der Waals surface area contributed by atoms with E-state index in [2.05, 4.69) is 12.2 Å². The van der Waals surface area contributed by atoms with Crippen LogP contribution in [-0.4, -0.2) is 23.5 Å². The number of furan rings is 1. The molecule has 1 aromatic carbocycles. The first-order valence-corrected chi connectivity index (χ1v) is 12.9. The molecule has 1 N–H and O–H groups in total. The highest BCUT2D eigenvalue weighted by Crippen LogP contribution is 2.40. The number of hydrogen-bond acceptors (Lipinski definition) is 6. The predicted molar refractivity (Wildman–Crippen MR) is 138 cm³/mol. The minimum Gasteiger partial charge on any atom is -0.462 e. The summed E-state index contributed by atoms with van der Waals surface area (Å²) in [6.07, 6.45) is 3.49. The number of pyridine rings is 1. The number of amides is 1. The summed E-state index contributed by atoms with van der Waals surface area (Å²) < 4.78 is 11.3. The molecule has 0 radical (unpaired) electrons. The average molecular weight is 489 g/mol. The van der Waals surface area contributed by atoms with Crippen molar-refractivity contribution >= 4 is 39.1 Å². The summed E-state index contributed by atoms with van der Waals surface area (Å²) in [4.78, 5) is 32.6. The molecule has 3 aromatic heterocycles. The van der Waals surface area contributed by atoms with Crippen LogP contribution in [-0.2, 0) is 17.6 Å². The molecule has 0 aliphatic heterocycles. The molecule has 1 atom stereocenters. The number of para-hydroxylation sites is 1. The van der Waals surface area contributed by atoms with Gasteiger partial charge in [0, 0.05) is 10.3 Å². The lowest BCUT2D eigenvalue weighted by Gasteiger charge is -2.18. The fourth-order valence-electron chi connectivity index (χ4n) is 4.55. The summed E-state index contributed by atoms with van der Waals surface area (Å²) in [6.45, 7) is 6.41. The molecule has 0 bridgehead atoms. The third-order valence-electron chi connectivity index (χ3n) is 6.33. The second-order valence-electron chi connectivity index (χ2n) is 9.13. The van der Waals surface area contributed by atoms with E-state index in [1.807, 2.05) is 50.2 Å². The molecule has 0 saturated carbocycles. The van der Waals surface area contributed by atoms with E-state index < -0.39 is 0 Å². The quantitative estimate of drug-likeness (QED) is 0.302. The molecule has 5 rings (SSSR count). The predicted octanol–water partition coefficient (Wildman–Crippen LogP) is 6.81. The van der Waals surface area contributed by atoms with E-state index in [9.17, 15) is 9.59 Å². The number of hydrogen-bond donors (Lipinski definition) is 1. The number of rotatable bonds is 6. The Balaban J connectivity index is 1.56. The highest BCUT2D eigenvalue weighted by atomic mass is 32.1. The number of ether oxygens (including phenoxy) is 1. The summed E-state index contributed by atoms with van der Waals surface area (Å²) in [6, 6.07) is 13.0. The van der Waals surface area contributed by atoms with Gasteiger partial charge in [0.05, 0.1) is 23.3 Å². The van der Waals surface area contributed by atoms with Crippen molar-refractivity contribution < 1.29 is 18.7 Å². The molecule has 7 heteroatoms. The van der Waals surface area contributed by atoms with Gasteiger partial charge in [0.1, 0.15) is 16.5 Å². The largest absolute Gasteiger partial charge is 0.462 e. The van der Waals surface area contributed by atoms with Gasteiger partial charge >= 0.3 is 5.97 Å². The van der Waals surface area contributed by atoms with Crippen molar-refractivity contribution in [3.63, 3.8) is 0 Å². The van der Waals surface area contributed by atoms with Gasteiger partial charge in [-0.1, -0.05) is 32.0 Å². The van der Waals surface area contributed by atoms with Gasteiger partial charge in [0.25, 0.3) is 5.91 Å². The second kappa shape index (κ2) is 9.66. The topological polar surface area (TPSA) is 81.4 Å². The van der Waals surface area contributed by atoms with Gasteiger partial charge in [-0.3, -0.25) is 4.79 Å². The molecule has 3 heterocycles. The fourth-order valence-corrected chi connectivity index (χ4v) is 5.95. The van der Waals surface area contributed by atoms with Crippen LogP contribution in [0.25, 0.3) is 22.4 Å². The van der Waals surface area contributed by atoms with Gasteiger partial charge in [-0.2, -0.15) is 0 Å². The van der Waals surface area contributed by atoms with Gasteiger partial charge in [-0.05, 0) is 68.4 Å². The van der Waals surface area contributed by atoms with Crippen LogP contribution >= 0.6 is 11.3 Å². The molecule has 1 amide bonds. The molecule has 180 valence electrons. The van der Waals surface area contributed by atoms with Crippen molar-refractivity contribution in [3.05, 3.63) is 69.8 Å². The van der Waals surface area contributed by atoms with Crippen LogP contribution in [0.5, 0.6) is 0 Å². The lowest BCUT2D eigenvalue weighted by molar-refractivity contribution is 0.0505. The molecular formula is C28H28N2O4S. The number of esters is 1. The third-order valence-corrected chi connectivity index (χ3v) is 7.50. The minimum absolute atomic E-state index is 0.288. The lowest BCUT2D eigenvalue weighted by Crippen LogP contribution is -2.17. The first-order chi connectivity index (χ1) is 16.9. The number of fused-ring (bicyclic) bond motifs is 2. The first kappa shape index (κ1) is 23.3. The molecule has 1 unspecified atom stereocenters. The van der Waals surface area contributed by atoms with Crippen LogP contribution in [0.3, 0.4) is 0 Å². The number of thiophene rings is 1. The number of carbonyl (C=O) groups is 2. The Morgan fingerprint density at radius 2 is 2.06 bits per heavy atom. The van der Waals surface area contributed by atoms with Crippen molar-refractivity contribution in [2.75, 3.05) is 11.9 Å². The average Bonchev–Trinajstić information content (AvgIpc) is 3.44. The summed E-state index contributed by atoms with van der Waals surface area (Å²) >= 11 is 1.49. The van der Waals surface area contributed by atoms with E-state index in [-0.39, 0.29) is 11.9 Å². The Morgan fingerprint density at radius 3 is 2.83 bits per heavy atom. The number of nitrogens with zero attached hydrogens (tertiary/aromatic N) is 1. The van der Waals surface area contributed by atoms with Crippen molar-refractivity contribution in [2.45, 2.75) is 46.5 Å². The van der Waals surface area contributed by atoms with E-state index >= 15 is 0 Å². The molecule has 0 saturated heterocycles. The number of benzene rings is 1. The molecule has 0 spiro atoms. The van der Waals surface area contributed by atoms with Crippen LogP contribution in [0.1, 0.15) is 63.6 Å². The van der Waals surface area contributed by atoms with Gasteiger partial charge in [0.15, 0.2) is 5.76 Å². The molecule has 6 nitrogen and oxygen atoms in total. The maximum Gasteiger partial charge on any atom is 0.341 e. The van der Waals surface area contributed by atoms with Crippen LogP contribution in [0.4, 0.5) is 5.00 Å². The normalized spacial score (nSPS) is 15.1. The summed E-state index contributed by atoms with van der Waals surface area (Å²) in [5.74, 6) is 1.28. The highest BCUT2D eigenvalue weighted by molar-refractivity contribution is 7.17. The van der Waals surface area contributed by atoms with Crippen LogP contribution in [0, 0.1) is 12.8 Å². The van der Waals surface area contributed by atoms with E-state index in [1.54, 1.807) is 6.07 Å². The highest BCUT2D eigenvalue weighted by Gasteiger charge is 2.29. The fraction of sp³-hybridized carbons (Fsp3) is 0.321. The molecular weight excluding hydrogens is 460 g/mol. The summed E-state index contributed by atoms with van der Waals surface area (Å²) in [5, 5.41) is 4.35. The van der Waals surface area contributed by atoms with E-state index in [0.29, 0.717) is 45.6 Å². The maximum absolute atomic E-state index is 13.7. The van der Waals surface area contributed by atoms with Gasteiger partial charge in [-0.15, -0.1) is 11.3 Å². The Bertz CT molecular complexity index is 1420. The number of aromatic nitrogens is 1. The first-order valence-electron chi connectivity index (χ1n) is 12.0. The summed E-state index contributed by atoms with van der Waals surface area (Å²) in [7, 11) is 0. The minimum atomic E-state index is -0.361. The number of anilines is 1. The standard InChI is InChI=1S/C28H28N2O4S/c1-4-13-33-28(32)25-19-11-9-16(2)14-24(19)35-27(25)30-26(31)20-15-22(23-12-10-17(3)34-23)29-21-8-6-5-7-18(20)21/h5-8,10,12,15-16H,4,9,11,13-14H2,1-3H3,(H,30,31). The van der Waals surface area contributed by atoms with E-state index in [0.717, 1.165) is 47.3 Å². The van der Waals surface area contributed by atoms with Crippen molar-refractivity contribution in [2.24, 2.45) is 5.92 Å². The van der Waals surface area contributed by atoms with Crippen LogP contribution in [0.2, 0.25) is 0 Å². The number of aryl methyl sites for hydroxylation is 1. The van der Waals surface area contributed by atoms with Gasteiger partial charge in [-0.25, -0.2) is 9.78 Å². The van der Waals surface area contributed by atoms with Gasteiger partial charge < -0.3 is 14.5 Å². The Labute approximate surface area is 208 Å². The third kappa shape index (κ3) is 4.60. The summed E-state index contributed by atoms with van der Waals surface area (Å²) in [5.41, 5.74) is 3.30. The Morgan fingerprint density at radius 1 is 1.23 bits per heavy atom. The van der Waals surface area contributed by atoms with Crippen LogP contribution in [0.15, 0.2) is 46.9 Å². The molecule has 35 heavy (non-hydrogen) atoms. The van der Waals surface area contributed by atoms with E-state index in [4.69, 9.17) is 14.1 Å². The van der Waals surface area contributed by atoms with Crippen molar-refractivity contribution in [1.82, 2.24) is 4.98 Å². The molecule has 4 aromatic rings. The van der Waals surface area contributed by atoms with Crippen molar-refractivity contribution in [1.29, 1.82) is 0 Å². The molecule has 1 aliphatic carbocycles. The van der Waals surface area contributed by atoms with Crippen molar-refractivity contribution in [3.8, 4) is 11.5 Å². The van der Waals surface area contributed by atoms with E-state index in [1.165, 1.54) is 11.3 Å². The number of carbonyl (C=O) groups excluding carboxylic acids is 2. The monoisotopic (exact) mass is 488 g/mol. The zero-order chi connectivity index (χ0) is 24.5. The SMILES string of the molecule is CCCOC(=O)c1c(NC(=O)c2cc(-c3ccc(C)o3)nc3ccccc23)sc2c1CCC(C)C2. The number of nitrogens with one attached hydrogen (secondary N) is 1. The molecule has 1 aliphatic rings. The zero-order valence-electron chi connectivity index (χ0n) is 20.1. The van der Waals surface area contributed by atoms with Gasteiger partial charge in [0.2, 0.25) is 0 Å². The maximum atomic E-state index is 13.7. The van der Waals surface area contributed by atoms with Crippen LogP contribution < -0.4 is 5.32 Å². The Hall–Kier alpha value is -3.45. The Kier molecular flexibility index (Phi) is 6.43. The second-order valence-corrected chi connectivity index (χ2v) is 10.2. The lowest BCUT2D eigenvalue weighted by atomic mass is 9.88.